The van der Waals surface area contributed by atoms with Gasteiger partial charge in [0.1, 0.15) is 17.2 Å². The van der Waals surface area contributed by atoms with Crippen molar-refractivity contribution < 1.29 is 32.9 Å². The van der Waals surface area contributed by atoms with E-state index in [2.05, 4.69) is 36.0 Å². The summed E-state index contributed by atoms with van der Waals surface area (Å²) in [5.74, 6) is -0.402. The number of aromatic nitrogens is 1. The summed E-state index contributed by atoms with van der Waals surface area (Å²) in [4.78, 5) is 0. The summed E-state index contributed by atoms with van der Waals surface area (Å²) in [6.07, 6.45) is 0. The molecule has 0 atom stereocenters. The highest BCUT2D eigenvalue weighted by atomic mass is 127. The minimum absolute atomic E-state index is 0. The summed E-state index contributed by atoms with van der Waals surface area (Å²) in [5, 5.41) is 6.51. The Morgan fingerprint density at radius 1 is 1.37 bits per heavy atom. The summed E-state index contributed by atoms with van der Waals surface area (Å²) in [5.41, 5.74) is 1.99. The molecule has 0 aliphatic rings. The fourth-order valence-corrected chi connectivity index (χ4v) is 3.07. The van der Waals surface area contributed by atoms with E-state index in [9.17, 15) is 4.39 Å². The van der Waals surface area contributed by atoms with Crippen LogP contribution in [-0.4, -0.2) is 0 Å². The van der Waals surface area contributed by atoms with Crippen molar-refractivity contribution in [2.45, 2.75) is 26.8 Å². The molecule has 0 aliphatic heterocycles. The van der Waals surface area contributed by atoms with E-state index in [0.29, 0.717) is 6.04 Å². The molecular weight excluding hydrogens is 398 g/mol. The highest BCUT2D eigenvalue weighted by Gasteiger charge is 2.18. The average Bonchev–Trinajstić information content (AvgIpc) is 2.65. The van der Waals surface area contributed by atoms with Crippen molar-refractivity contribution in [1.29, 1.82) is 0 Å². The molecule has 0 saturated heterocycles. The Labute approximate surface area is 138 Å². The van der Waals surface area contributed by atoms with Crippen LogP contribution >= 0.6 is 22.9 Å². The van der Waals surface area contributed by atoms with Crippen LogP contribution in [0.3, 0.4) is 0 Å². The number of rotatable bonds is 3. The molecule has 2 aromatic rings. The van der Waals surface area contributed by atoms with E-state index >= 15 is 0 Å². The minimum atomic E-state index is -0.402. The Morgan fingerprint density at radius 3 is 2.63 bits per heavy atom. The number of hydrogen-bond donors (Lipinski definition) is 1. The number of halogens is 3. The first-order chi connectivity index (χ1) is 8.49. The number of anilines is 2. The first-order valence-corrected chi connectivity index (χ1v) is 6.96. The topological polar surface area (TPSA) is 15.9 Å². The minimum Gasteiger partial charge on any atom is -1.00 e. The van der Waals surface area contributed by atoms with Crippen LogP contribution in [0, 0.1) is 12.7 Å². The lowest BCUT2D eigenvalue weighted by molar-refractivity contribution is -0.704. The van der Waals surface area contributed by atoms with Crippen LogP contribution < -0.4 is 33.9 Å². The fourth-order valence-electron chi connectivity index (χ4n) is 1.84. The van der Waals surface area contributed by atoms with Gasteiger partial charge in [-0.05, 0) is 32.9 Å². The Bertz CT molecular complexity index is 572. The maximum Gasteiger partial charge on any atom is 0.339 e. The SMILES string of the molecule is Cc1csc(Nc2ccc(F)c(Cl)c2)[n+]1C(C)C.[I-]. The van der Waals surface area contributed by atoms with Crippen LogP contribution in [0.15, 0.2) is 23.6 Å². The van der Waals surface area contributed by atoms with Crippen LogP contribution in [0.2, 0.25) is 5.02 Å². The average molecular weight is 413 g/mol. The largest absolute Gasteiger partial charge is 1.00 e. The second-order valence-electron chi connectivity index (χ2n) is 4.40. The molecule has 0 spiro atoms. The predicted octanol–water partition coefficient (Wildman–Crippen LogP) is 1.47. The van der Waals surface area contributed by atoms with E-state index in [-0.39, 0.29) is 29.0 Å². The Balaban J connectivity index is 0.00000180. The second kappa shape index (κ2) is 6.85. The molecule has 1 aromatic carbocycles. The number of thiazole rings is 1. The molecule has 19 heavy (non-hydrogen) atoms. The molecule has 0 unspecified atom stereocenters. The van der Waals surface area contributed by atoms with Gasteiger partial charge in [-0.2, -0.15) is 0 Å². The summed E-state index contributed by atoms with van der Waals surface area (Å²) in [6, 6.07) is 5.01. The molecule has 2 nitrogen and oxygen atoms in total. The van der Waals surface area contributed by atoms with Crippen LogP contribution in [0.5, 0.6) is 0 Å². The van der Waals surface area contributed by atoms with E-state index in [1.165, 1.54) is 11.8 Å². The van der Waals surface area contributed by atoms with E-state index in [1.807, 2.05) is 0 Å². The van der Waals surface area contributed by atoms with Crippen molar-refractivity contribution in [3.05, 3.63) is 40.1 Å². The van der Waals surface area contributed by atoms with Gasteiger partial charge in [-0.1, -0.05) is 22.9 Å². The van der Waals surface area contributed by atoms with Crippen LogP contribution in [0.25, 0.3) is 0 Å². The quantitative estimate of drug-likeness (QED) is 0.596. The number of nitrogens with zero attached hydrogens (tertiary/aromatic N) is 1. The zero-order valence-corrected chi connectivity index (χ0v) is 14.6. The number of nitrogens with one attached hydrogen (secondary N) is 1. The van der Waals surface area contributed by atoms with Crippen molar-refractivity contribution in [3.63, 3.8) is 0 Å². The van der Waals surface area contributed by atoms with Gasteiger partial charge in [0.05, 0.1) is 11.1 Å². The van der Waals surface area contributed by atoms with E-state index in [4.69, 9.17) is 11.6 Å². The first-order valence-electron chi connectivity index (χ1n) is 5.70. The highest BCUT2D eigenvalue weighted by Crippen LogP contribution is 2.24. The number of aryl methyl sites for hydroxylation is 1. The maximum atomic E-state index is 13.1. The van der Waals surface area contributed by atoms with Crippen molar-refractivity contribution in [2.75, 3.05) is 5.32 Å². The lowest BCUT2D eigenvalue weighted by atomic mass is 10.3. The second-order valence-corrected chi connectivity index (χ2v) is 5.67. The molecule has 0 fully saturated rings. The van der Waals surface area contributed by atoms with Gasteiger partial charge in [-0.25, -0.2) is 14.3 Å². The van der Waals surface area contributed by atoms with E-state index in [1.54, 1.807) is 23.5 Å². The Hall–Kier alpha value is -0.400. The third-order valence-electron chi connectivity index (χ3n) is 2.63. The molecule has 104 valence electrons. The highest BCUT2D eigenvalue weighted by molar-refractivity contribution is 7.13. The number of hydrogen-bond acceptors (Lipinski definition) is 2. The summed E-state index contributed by atoms with van der Waals surface area (Å²) >= 11 is 7.39. The van der Waals surface area contributed by atoms with Crippen molar-refractivity contribution >= 4 is 33.8 Å². The van der Waals surface area contributed by atoms with Crippen molar-refractivity contribution in [1.82, 2.24) is 0 Å². The van der Waals surface area contributed by atoms with Gasteiger partial charge in [0, 0.05) is 11.4 Å². The summed E-state index contributed by atoms with van der Waals surface area (Å²) in [7, 11) is 0. The predicted molar refractivity (Wildman–Crippen MR) is 74.3 cm³/mol. The Kier molecular flexibility index (Phi) is 6.01. The number of benzene rings is 1. The third-order valence-corrected chi connectivity index (χ3v) is 3.90. The lowest BCUT2D eigenvalue weighted by Gasteiger charge is -2.07. The monoisotopic (exact) mass is 412 g/mol. The third kappa shape index (κ3) is 3.79. The van der Waals surface area contributed by atoms with Crippen molar-refractivity contribution in [2.24, 2.45) is 0 Å². The Morgan fingerprint density at radius 2 is 2.05 bits per heavy atom. The molecule has 0 amide bonds. The van der Waals surface area contributed by atoms with Gasteiger partial charge in [0.25, 0.3) is 0 Å². The first kappa shape index (κ1) is 16.7. The lowest BCUT2D eigenvalue weighted by Crippen LogP contribution is -3.00. The molecule has 1 aromatic heterocycles. The molecule has 6 heteroatoms. The van der Waals surface area contributed by atoms with Crippen LogP contribution in [0.4, 0.5) is 15.2 Å². The zero-order valence-electron chi connectivity index (χ0n) is 10.9. The fraction of sp³-hybridized carbons (Fsp3) is 0.308. The van der Waals surface area contributed by atoms with Gasteiger partial charge in [0.15, 0.2) is 0 Å². The van der Waals surface area contributed by atoms with Gasteiger partial charge in [0.2, 0.25) is 0 Å². The standard InChI is InChI=1S/C13H14ClFN2S.HI/c1-8(2)17-9(3)7-18-13(17)16-10-4-5-12(15)11(14)6-10;/h4-8H,1-3H3;1H. The molecule has 2 rings (SSSR count). The van der Waals surface area contributed by atoms with Gasteiger partial charge in [-0.15, -0.1) is 0 Å². The summed E-state index contributed by atoms with van der Waals surface area (Å²) in [6.45, 7) is 6.32. The normalized spacial score (nSPS) is 10.4. The van der Waals surface area contributed by atoms with E-state index < -0.39 is 5.82 Å². The van der Waals surface area contributed by atoms with Crippen LogP contribution in [-0.2, 0) is 0 Å². The van der Waals surface area contributed by atoms with Crippen LogP contribution in [0.1, 0.15) is 25.6 Å². The molecule has 0 aliphatic carbocycles. The smallest absolute Gasteiger partial charge is 0.339 e. The summed E-state index contributed by atoms with van der Waals surface area (Å²) < 4.78 is 15.3. The molecule has 0 bridgehead atoms. The zero-order chi connectivity index (χ0) is 13.3. The van der Waals surface area contributed by atoms with Crippen molar-refractivity contribution in [3.8, 4) is 0 Å². The molecule has 1 heterocycles. The van der Waals surface area contributed by atoms with Gasteiger partial charge < -0.3 is 24.0 Å². The molecule has 1 N–H and O–H groups in total. The van der Waals surface area contributed by atoms with E-state index in [0.717, 1.165) is 10.8 Å². The maximum absolute atomic E-state index is 13.1. The molecular formula is C13H15ClFIN2S. The van der Waals surface area contributed by atoms with Gasteiger partial charge in [-0.3, -0.25) is 0 Å². The van der Waals surface area contributed by atoms with Gasteiger partial charge >= 0.3 is 5.13 Å². The molecule has 0 radical (unpaired) electrons. The molecule has 0 saturated carbocycles.